The van der Waals surface area contributed by atoms with E-state index in [1.54, 1.807) is 0 Å². The minimum Gasteiger partial charge on any atom is -0.508 e. The van der Waals surface area contributed by atoms with Crippen molar-refractivity contribution in [2.24, 2.45) is 11.8 Å². The molecule has 4 nitrogen and oxygen atoms in total. The van der Waals surface area contributed by atoms with Crippen molar-refractivity contribution in [3.8, 4) is 5.75 Å². The van der Waals surface area contributed by atoms with E-state index in [9.17, 15) is 8.42 Å². The second-order valence-electron chi connectivity index (χ2n) is 5.13. The van der Waals surface area contributed by atoms with Crippen LogP contribution in [-0.2, 0) is 10.0 Å². The largest absolute Gasteiger partial charge is 0.508 e. The smallest absolute Gasteiger partial charge is 0.240 e. The first-order chi connectivity index (χ1) is 8.47. The molecule has 18 heavy (non-hydrogen) atoms. The summed E-state index contributed by atoms with van der Waals surface area (Å²) in [7, 11) is -3.44. The Balaban J connectivity index is 1.97. The number of nitrogens with one attached hydrogen (secondary N) is 1. The number of benzene rings is 1. The Bertz CT molecular complexity index is 495. The highest BCUT2D eigenvalue weighted by Gasteiger charge is 2.23. The number of hydrogen-bond acceptors (Lipinski definition) is 3. The molecule has 5 heteroatoms. The molecule has 0 aliphatic heterocycles. The summed E-state index contributed by atoms with van der Waals surface area (Å²) < 4.78 is 26.6. The Hall–Kier alpha value is -1.07. The van der Waals surface area contributed by atoms with Crippen LogP contribution in [0.15, 0.2) is 29.2 Å². The van der Waals surface area contributed by atoms with Gasteiger partial charge in [-0.25, -0.2) is 13.1 Å². The number of aromatic hydroxyl groups is 1. The molecule has 2 rings (SSSR count). The minimum absolute atomic E-state index is 0.0681. The van der Waals surface area contributed by atoms with Crippen LogP contribution >= 0.6 is 0 Å². The van der Waals surface area contributed by atoms with E-state index in [1.165, 1.54) is 30.7 Å². The van der Waals surface area contributed by atoms with E-state index >= 15 is 0 Å². The predicted molar refractivity (Wildman–Crippen MR) is 69.8 cm³/mol. The maximum absolute atomic E-state index is 12.0. The van der Waals surface area contributed by atoms with Crippen molar-refractivity contribution >= 4 is 10.0 Å². The second kappa shape index (κ2) is 5.28. The molecule has 0 aromatic heterocycles. The average molecular weight is 269 g/mol. The normalized spacial score (nSPS) is 24.3. The van der Waals surface area contributed by atoms with Gasteiger partial charge in [0, 0.05) is 6.54 Å². The summed E-state index contributed by atoms with van der Waals surface area (Å²) in [5, 5.41) is 9.14. The quantitative estimate of drug-likeness (QED) is 0.879. The maximum atomic E-state index is 12.0. The second-order valence-corrected chi connectivity index (χ2v) is 6.90. The lowest BCUT2D eigenvalue weighted by atomic mass is 10.1. The zero-order chi connectivity index (χ0) is 13.2. The predicted octanol–water partition coefficient (Wildman–Crippen LogP) is 2.11. The molecule has 2 atom stereocenters. The van der Waals surface area contributed by atoms with Crippen LogP contribution in [0.5, 0.6) is 5.75 Å². The van der Waals surface area contributed by atoms with Gasteiger partial charge < -0.3 is 5.11 Å². The highest BCUT2D eigenvalue weighted by molar-refractivity contribution is 7.89. The van der Waals surface area contributed by atoms with Gasteiger partial charge in [0.05, 0.1) is 4.90 Å². The van der Waals surface area contributed by atoms with E-state index < -0.39 is 10.0 Å². The molecule has 100 valence electrons. The van der Waals surface area contributed by atoms with Gasteiger partial charge in [-0.05, 0) is 48.9 Å². The van der Waals surface area contributed by atoms with E-state index in [-0.39, 0.29) is 10.6 Å². The molecule has 0 heterocycles. The molecule has 1 aromatic rings. The van der Waals surface area contributed by atoms with E-state index in [1.807, 2.05) is 0 Å². The molecule has 0 saturated heterocycles. The van der Waals surface area contributed by atoms with Gasteiger partial charge >= 0.3 is 0 Å². The molecule has 1 aromatic carbocycles. The van der Waals surface area contributed by atoms with Crippen molar-refractivity contribution in [2.75, 3.05) is 6.54 Å². The molecule has 0 amide bonds. The van der Waals surface area contributed by atoms with Gasteiger partial charge in [-0.2, -0.15) is 0 Å². The van der Waals surface area contributed by atoms with Gasteiger partial charge in [0.2, 0.25) is 10.0 Å². The van der Waals surface area contributed by atoms with Crippen molar-refractivity contribution in [3.63, 3.8) is 0 Å². The van der Waals surface area contributed by atoms with E-state index in [2.05, 4.69) is 11.6 Å². The topological polar surface area (TPSA) is 66.4 Å². The third kappa shape index (κ3) is 3.23. The molecular formula is C13H19NO3S. The fourth-order valence-electron chi connectivity index (χ4n) is 2.45. The van der Waals surface area contributed by atoms with E-state index in [0.717, 1.165) is 12.8 Å². The monoisotopic (exact) mass is 269 g/mol. The van der Waals surface area contributed by atoms with Gasteiger partial charge in [0.15, 0.2) is 0 Å². The van der Waals surface area contributed by atoms with Crippen LogP contribution in [0.25, 0.3) is 0 Å². The fraction of sp³-hybridized carbons (Fsp3) is 0.538. The third-order valence-electron chi connectivity index (χ3n) is 3.51. The molecule has 0 spiro atoms. The van der Waals surface area contributed by atoms with Crippen molar-refractivity contribution in [2.45, 2.75) is 31.1 Å². The van der Waals surface area contributed by atoms with Gasteiger partial charge in [0.1, 0.15) is 5.75 Å². The van der Waals surface area contributed by atoms with Gasteiger partial charge in [-0.1, -0.05) is 13.3 Å². The number of phenols is 1. The molecule has 0 radical (unpaired) electrons. The number of rotatable bonds is 4. The van der Waals surface area contributed by atoms with Gasteiger partial charge in [-0.3, -0.25) is 0 Å². The lowest BCUT2D eigenvalue weighted by Gasteiger charge is -2.11. The molecule has 1 aliphatic carbocycles. The fourth-order valence-corrected chi connectivity index (χ4v) is 3.56. The standard InChI is InChI=1S/C13H19NO3S/c1-10-2-3-11(8-10)9-14-18(16,17)13-6-4-12(15)5-7-13/h4-7,10-11,14-15H,2-3,8-9H2,1H3. The highest BCUT2D eigenvalue weighted by Crippen LogP contribution is 2.29. The number of hydrogen-bond donors (Lipinski definition) is 2. The van der Waals surface area contributed by atoms with Crippen molar-refractivity contribution in [1.29, 1.82) is 0 Å². The van der Waals surface area contributed by atoms with E-state index in [4.69, 9.17) is 5.11 Å². The molecule has 2 N–H and O–H groups in total. The number of phenolic OH excluding ortho intramolecular Hbond substituents is 1. The minimum atomic E-state index is -3.44. The molecule has 1 aliphatic rings. The maximum Gasteiger partial charge on any atom is 0.240 e. The van der Waals surface area contributed by atoms with Gasteiger partial charge in [0.25, 0.3) is 0 Å². The van der Waals surface area contributed by atoms with Crippen molar-refractivity contribution in [1.82, 2.24) is 4.72 Å². The summed E-state index contributed by atoms with van der Waals surface area (Å²) in [5.74, 6) is 1.22. The Morgan fingerprint density at radius 3 is 2.50 bits per heavy atom. The summed E-state index contributed by atoms with van der Waals surface area (Å²) in [6, 6.07) is 5.59. The first kappa shape index (κ1) is 13.4. The van der Waals surface area contributed by atoms with E-state index in [0.29, 0.717) is 18.4 Å². The Morgan fingerprint density at radius 2 is 1.94 bits per heavy atom. The van der Waals surface area contributed by atoms with Crippen LogP contribution in [0, 0.1) is 11.8 Å². The van der Waals surface area contributed by atoms with Crippen LogP contribution < -0.4 is 4.72 Å². The summed E-state index contributed by atoms with van der Waals surface area (Å²) in [6.45, 7) is 2.71. The van der Waals surface area contributed by atoms with Crippen molar-refractivity contribution in [3.05, 3.63) is 24.3 Å². The van der Waals surface area contributed by atoms with Crippen LogP contribution in [-0.4, -0.2) is 20.1 Å². The SMILES string of the molecule is CC1CCC(CNS(=O)(=O)c2ccc(O)cc2)C1. The highest BCUT2D eigenvalue weighted by atomic mass is 32.2. The first-order valence-corrected chi connectivity index (χ1v) is 7.74. The average Bonchev–Trinajstić information content (AvgIpc) is 2.73. The molecule has 1 fully saturated rings. The lowest BCUT2D eigenvalue weighted by molar-refractivity contribution is 0.474. The van der Waals surface area contributed by atoms with Crippen LogP contribution in [0.3, 0.4) is 0 Å². The molecular weight excluding hydrogens is 250 g/mol. The molecule has 1 saturated carbocycles. The van der Waals surface area contributed by atoms with Gasteiger partial charge in [-0.15, -0.1) is 0 Å². The summed E-state index contributed by atoms with van der Waals surface area (Å²) in [6.07, 6.45) is 3.38. The summed E-state index contributed by atoms with van der Waals surface area (Å²) >= 11 is 0. The van der Waals surface area contributed by atoms with Crippen molar-refractivity contribution < 1.29 is 13.5 Å². The molecule has 0 bridgehead atoms. The van der Waals surface area contributed by atoms with Crippen LogP contribution in [0.2, 0.25) is 0 Å². The zero-order valence-corrected chi connectivity index (χ0v) is 11.3. The third-order valence-corrected chi connectivity index (χ3v) is 4.95. The number of sulfonamides is 1. The van der Waals surface area contributed by atoms with Crippen LogP contribution in [0.1, 0.15) is 26.2 Å². The Labute approximate surface area is 108 Å². The summed E-state index contributed by atoms with van der Waals surface area (Å²) in [5.41, 5.74) is 0. The first-order valence-electron chi connectivity index (χ1n) is 6.26. The molecule has 2 unspecified atom stereocenters. The lowest BCUT2D eigenvalue weighted by Crippen LogP contribution is -2.28. The van der Waals surface area contributed by atoms with Crippen LogP contribution in [0.4, 0.5) is 0 Å². The Morgan fingerprint density at radius 1 is 1.28 bits per heavy atom. The zero-order valence-electron chi connectivity index (χ0n) is 10.5. The summed E-state index contributed by atoms with van der Waals surface area (Å²) in [4.78, 5) is 0.200. The Kier molecular flexibility index (Phi) is 3.92.